The zero-order chi connectivity index (χ0) is 15.3. The molecular weight excluding hydrogens is 284 g/mol. The van der Waals surface area contributed by atoms with Crippen molar-refractivity contribution in [3.63, 3.8) is 0 Å². The van der Waals surface area contributed by atoms with E-state index in [1.807, 2.05) is 13.8 Å². The molecule has 0 saturated heterocycles. The van der Waals surface area contributed by atoms with E-state index < -0.39 is 11.6 Å². The number of thiocarbonyl (C=S) groups is 1. The van der Waals surface area contributed by atoms with Gasteiger partial charge in [0, 0.05) is 24.6 Å². The Bertz CT molecular complexity index is 521. The fraction of sp³-hybridized carbons (Fsp3) is 0.385. The van der Waals surface area contributed by atoms with Crippen molar-refractivity contribution >= 4 is 28.8 Å². The Hall–Kier alpha value is -1.76. The quantitative estimate of drug-likeness (QED) is 0.702. The van der Waals surface area contributed by atoms with Crippen LogP contribution in [0.4, 0.5) is 14.5 Å². The lowest BCUT2D eigenvalue weighted by Crippen LogP contribution is -2.31. The first-order valence-corrected chi connectivity index (χ1v) is 6.54. The fourth-order valence-corrected chi connectivity index (χ4v) is 1.74. The summed E-state index contributed by atoms with van der Waals surface area (Å²) in [6.07, 6.45) is 0.163. The number of carbonyl (C=O) groups excluding carboxylic acids is 1. The second kappa shape index (κ2) is 7.14. The summed E-state index contributed by atoms with van der Waals surface area (Å²) in [6.45, 7) is 3.88. The van der Waals surface area contributed by atoms with Gasteiger partial charge in [0.2, 0.25) is 5.91 Å². The Balaban J connectivity index is 2.64. The van der Waals surface area contributed by atoms with Crippen molar-refractivity contribution in [3.05, 3.63) is 29.3 Å². The number of halogens is 2. The highest BCUT2D eigenvalue weighted by atomic mass is 32.1. The van der Waals surface area contributed by atoms with Crippen LogP contribution in [0.3, 0.4) is 0 Å². The SMILES string of the molecule is CC(C)NC(=O)CCNc1ccc(C(N)=S)c(F)c1F. The van der Waals surface area contributed by atoms with Crippen LogP contribution in [0.2, 0.25) is 0 Å². The van der Waals surface area contributed by atoms with Crippen molar-refractivity contribution in [3.8, 4) is 0 Å². The zero-order valence-corrected chi connectivity index (χ0v) is 12.1. The monoisotopic (exact) mass is 301 g/mol. The van der Waals surface area contributed by atoms with Crippen LogP contribution < -0.4 is 16.4 Å². The van der Waals surface area contributed by atoms with E-state index in [1.54, 1.807) is 0 Å². The number of nitrogens with one attached hydrogen (secondary N) is 2. The second-order valence-corrected chi connectivity index (χ2v) is 4.99. The van der Waals surface area contributed by atoms with Crippen LogP contribution in [0, 0.1) is 11.6 Å². The molecule has 0 aromatic heterocycles. The second-order valence-electron chi connectivity index (χ2n) is 4.55. The molecule has 4 N–H and O–H groups in total. The van der Waals surface area contributed by atoms with E-state index in [0.717, 1.165) is 0 Å². The average Bonchev–Trinajstić information content (AvgIpc) is 2.33. The minimum absolute atomic E-state index is 0.0279. The number of carbonyl (C=O) groups is 1. The highest BCUT2D eigenvalue weighted by Gasteiger charge is 2.15. The van der Waals surface area contributed by atoms with E-state index in [9.17, 15) is 13.6 Å². The van der Waals surface area contributed by atoms with Crippen molar-refractivity contribution in [2.75, 3.05) is 11.9 Å². The third kappa shape index (κ3) is 4.41. The Labute approximate surface area is 121 Å². The van der Waals surface area contributed by atoms with Gasteiger partial charge in [-0.15, -0.1) is 0 Å². The number of nitrogens with two attached hydrogens (primary N) is 1. The lowest BCUT2D eigenvalue weighted by molar-refractivity contribution is -0.121. The summed E-state index contributed by atoms with van der Waals surface area (Å²) < 4.78 is 27.3. The van der Waals surface area contributed by atoms with Crippen LogP contribution in [-0.4, -0.2) is 23.5 Å². The first-order chi connectivity index (χ1) is 9.32. The lowest BCUT2D eigenvalue weighted by Gasteiger charge is -2.11. The van der Waals surface area contributed by atoms with Gasteiger partial charge in [0.15, 0.2) is 11.6 Å². The minimum atomic E-state index is -1.09. The molecule has 0 unspecified atom stereocenters. The van der Waals surface area contributed by atoms with Crippen molar-refractivity contribution in [2.45, 2.75) is 26.3 Å². The van der Waals surface area contributed by atoms with E-state index >= 15 is 0 Å². The van der Waals surface area contributed by atoms with Crippen LogP contribution in [0.25, 0.3) is 0 Å². The van der Waals surface area contributed by atoms with E-state index in [2.05, 4.69) is 22.9 Å². The van der Waals surface area contributed by atoms with Crippen molar-refractivity contribution in [2.24, 2.45) is 5.73 Å². The maximum absolute atomic E-state index is 13.7. The number of hydrogen-bond donors (Lipinski definition) is 3. The summed E-state index contributed by atoms with van der Waals surface area (Å²) in [5.74, 6) is -2.30. The molecule has 0 spiro atoms. The molecule has 1 aromatic rings. The van der Waals surface area contributed by atoms with Gasteiger partial charge in [-0.25, -0.2) is 8.78 Å². The van der Waals surface area contributed by atoms with Crippen molar-refractivity contribution in [1.82, 2.24) is 5.32 Å². The molecule has 0 aliphatic heterocycles. The van der Waals surface area contributed by atoms with E-state index in [-0.39, 0.29) is 41.2 Å². The van der Waals surface area contributed by atoms with Crippen LogP contribution in [0.5, 0.6) is 0 Å². The topological polar surface area (TPSA) is 67.2 Å². The van der Waals surface area contributed by atoms with E-state index in [0.29, 0.717) is 0 Å². The smallest absolute Gasteiger partial charge is 0.221 e. The lowest BCUT2D eigenvalue weighted by atomic mass is 10.1. The molecule has 0 radical (unpaired) electrons. The third-order valence-electron chi connectivity index (χ3n) is 2.46. The summed E-state index contributed by atoms with van der Waals surface area (Å²) in [4.78, 5) is 11.2. The van der Waals surface area contributed by atoms with E-state index in [4.69, 9.17) is 5.73 Å². The molecule has 0 saturated carbocycles. The molecule has 7 heteroatoms. The number of rotatable bonds is 6. The van der Waals surface area contributed by atoms with Gasteiger partial charge >= 0.3 is 0 Å². The summed E-state index contributed by atoms with van der Waals surface area (Å²) in [6, 6.07) is 2.69. The summed E-state index contributed by atoms with van der Waals surface area (Å²) >= 11 is 4.61. The first kappa shape index (κ1) is 16.3. The number of amides is 1. The summed E-state index contributed by atoms with van der Waals surface area (Å²) in [5, 5.41) is 5.36. The van der Waals surface area contributed by atoms with Gasteiger partial charge in [0.25, 0.3) is 0 Å². The number of benzene rings is 1. The van der Waals surface area contributed by atoms with Crippen LogP contribution in [0.1, 0.15) is 25.8 Å². The van der Waals surface area contributed by atoms with Crippen LogP contribution >= 0.6 is 12.2 Å². The van der Waals surface area contributed by atoms with Crippen LogP contribution in [-0.2, 0) is 4.79 Å². The highest BCUT2D eigenvalue weighted by molar-refractivity contribution is 7.80. The van der Waals surface area contributed by atoms with Gasteiger partial charge in [-0.1, -0.05) is 12.2 Å². The molecule has 0 fully saturated rings. The predicted octanol–water partition coefficient (Wildman–Crippen LogP) is 1.93. The predicted molar refractivity (Wildman–Crippen MR) is 78.6 cm³/mol. The molecule has 1 rings (SSSR count). The normalized spacial score (nSPS) is 10.4. The third-order valence-corrected chi connectivity index (χ3v) is 2.68. The van der Waals surface area contributed by atoms with Gasteiger partial charge in [0.1, 0.15) is 4.99 Å². The number of anilines is 1. The Kier molecular flexibility index (Phi) is 5.82. The number of hydrogen-bond acceptors (Lipinski definition) is 3. The minimum Gasteiger partial charge on any atom is -0.389 e. The highest BCUT2D eigenvalue weighted by Crippen LogP contribution is 2.20. The van der Waals surface area contributed by atoms with E-state index in [1.165, 1.54) is 12.1 Å². The maximum Gasteiger partial charge on any atom is 0.221 e. The standard InChI is InChI=1S/C13H17F2N3OS/c1-7(2)18-10(19)5-6-17-9-4-3-8(13(16)20)11(14)12(9)15/h3-4,7,17H,5-6H2,1-2H3,(H2,16,20)(H,18,19). The molecule has 1 amide bonds. The molecule has 0 atom stereocenters. The van der Waals surface area contributed by atoms with Gasteiger partial charge < -0.3 is 16.4 Å². The molecular formula is C13H17F2N3OS. The zero-order valence-electron chi connectivity index (χ0n) is 11.3. The first-order valence-electron chi connectivity index (χ1n) is 6.14. The fourth-order valence-electron chi connectivity index (χ4n) is 1.58. The van der Waals surface area contributed by atoms with Gasteiger partial charge in [-0.2, -0.15) is 0 Å². The van der Waals surface area contributed by atoms with Crippen LogP contribution in [0.15, 0.2) is 12.1 Å². The van der Waals surface area contributed by atoms with Gasteiger partial charge in [-0.3, -0.25) is 4.79 Å². The molecule has 1 aromatic carbocycles. The Morgan fingerprint density at radius 2 is 2.00 bits per heavy atom. The molecule has 4 nitrogen and oxygen atoms in total. The summed E-state index contributed by atoms with van der Waals surface area (Å²) in [7, 11) is 0. The molecule has 0 bridgehead atoms. The molecule has 110 valence electrons. The average molecular weight is 301 g/mol. The summed E-state index contributed by atoms with van der Waals surface area (Å²) in [5.41, 5.74) is 5.10. The molecule has 0 heterocycles. The maximum atomic E-state index is 13.7. The van der Waals surface area contributed by atoms with Gasteiger partial charge in [0.05, 0.1) is 5.69 Å². The Morgan fingerprint density at radius 1 is 1.35 bits per heavy atom. The van der Waals surface area contributed by atoms with Crippen molar-refractivity contribution in [1.29, 1.82) is 0 Å². The Morgan fingerprint density at radius 3 is 2.55 bits per heavy atom. The molecule has 0 aliphatic carbocycles. The van der Waals surface area contributed by atoms with Gasteiger partial charge in [-0.05, 0) is 26.0 Å². The van der Waals surface area contributed by atoms with Crippen molar-refractivity contribution < 1.29 is 13.6 Å². The molecule has 0 aliphatic rings. The largest absolute Gasteiger partial charge is 0.389 e. The molecule has 20 heavy (non-hydrogen) atoms.